The normalized spacial score (nSPS) is 11.8. The summed E-state index contributed by atoms with van der Waals surface area (Å²) in [7, 11) is -2.20. The van der Waals surface area contributed by atoms with Crippen molar-refractivity contribution in [2.75, 3.05) is 4.72 Å². The number of thiophene rings is 1. The van der Waals surface area contributed by atoms with Crippen molar-refractivity contribution in [2.24, 2.45) is 7.05 Å². The quantitative estimate of drug-likeness (QED) is 0.770. The van der Waals surface area contributed by atoms with Crippen LogP contribution in [0.5, 0.6) is 0 Å². The van der Waals surface area contributed by atoms with E-state index in [1.807, 2.05) is 0 Å². The lowest BCUT2D eigenvalue weighted by molar-refractivity contribution is 0.602. The van der Waals surface area contributed by atoms with Crippen LogP contribution in [-0.4, -0.2) is 13.0 Å². The molecule has 1 N–H and O–H groups in total. The van der Waals surface area contributed by atoms with Gasteiger partial charge in [0.2, 0.25) is 0 Å². The van der Waals surface area contributed by atoms with Crippen LogP contribution in [0.4, 0.5) is 5.69 Å². The van der Waals surface area contributed by atoms with E-state index in [9.17, 15) is 13.2 Å². The molecule has 3 rings (SSSR count). The van der Waals surface area contributed by atoms with Gasteiger partial charge in [0, 0.05) is 39.3 Å². The van der Waals surface area contributed by atoms with Gasteiger partial charge in [0.05, 0.1) is 5.69 Å². The predicted molar refractivity (Wildman–Crippen MR) is 94.1 cm³/mol. The molecular formula is C15H13ClN2O3S2. The Labute approximate surface area is 142 Å². The number of sulfonamides is 1. The maximum absolute atomic E-state index is 12.7. The van der Waals surface area contributed by atoms with Gasteiger partial charge in [0.1, 0.15) is 4.90 Å². The molecule has 0 spiro atoms. The predicted octanol–water partition coefficient (Wildman–Crippen LogP) is 3.36. The monoisotopic (exact) mass is 368 g/mol. The van der Waals surface area contributed by atoms with E-state index in [0.717, 1.165) is 4.70 Å². The Bertz CT molecular complexity index is 1040. The second-order valence-electron chi connectivity index (χ2n) is 5.17. The van der Waals surface area contributed by atoms with Gasteiger partial charge in [-0.05, 0) is 31.2 Å². The number of nitrogens with zero attached hydrogens (tertiary/aromatic N) is 1. The fourth-order valence-corrected chi connectivity index (χ4v) is 5.01. The number of hydrogen-bond donors (Lipinski definition) is 1. The van der Waals surface area contributed by atoms with E-state index in [4.69, 9.17) is 11.6 Å². The van der Waals surface area contributed by atoms with Gasteiger partial charge in [-0.15, -0.1) is 11.3 Å². The number of halogens is 1. The molecule has 0 aliphatic heterocycles. The highest BCUT2D eigenvalue weighted by atomic mass is 35.5. The Balaban J connectivity index is 2.08. The van der Waals surface area contributed by atoms with Crippen LogP contribution >= 0.6 is 22.9 Å². The topological polar surface area (TPSA) is 68.2 Å². The van der Waals surface area contributed by atoms with Crippen molar-refractivity contribution in [3.63, 3.8) is 0 Å². The molecule has 120 valence electrons. The molecule has 1 aromatic carbocycles. The first-order chi connectivity index (χ1) is 10.8. The van der Waals surface area contributed by atoms with Crippen LogP contribution in [0.3, 0.4) is 0 Å². The summed E-state index contributed by atoms with van der Waals surface area (Å²) in [6, 6.07) is 6.66. The minimum absolute atomic E-state index is 0.166. The van der Waals surface area contributed by atoms with Gasteiger partial charge in [-0.1, -0.05) is 11.6 Å². The Kier molecular flexibility index (Phi) is 3.95. The number of aromatic nitrogens is 1. The van der Waals surface area contributed by atoms with Crippen molar-refractivity contribution in [3.05, 3.63) is 56.8 Å². The van der Waals surface area contributed by atoms with E-state index in [0.29, 0.717) is 21.7 Å². The van der Waals surface area contributed by atoms with Crippen LogP contribution in [0.15, 0.2) is 45.5 Å². The maximum Gasteiger partial charge on any atom is 0.263 e. The van der Waals surface area contributed by atoms with Crippen molar-refractivity contribution >= 4 is 48.7 Å². The number of benzene rings is 1. The molecule has 3 aromatic rings. The minimum Gasteiger partial charge on any atom is -0.316 e. The molecule has 2 heterocycles. The summed E-state index contributed by atoms with van der Waals surface area (Å²) in [5.41, 5.74) is 0.637. The zero-order valence-corrected chi connectivity index (χ0v) is 14.7. The molecule has 0 saturated heterocycles. The average Bonchev–Trinajstić information content (AvgIpc) is 2.88. The molecule has 0 fully saturated rings. The van der Waals surface area contributed by atoms with Crippen LogP contribution in [0.25, 0.3) is 10.1 Å². The number of nitrogens with one attached hydrogen (secondary N) is 1. The smallest absolute Gasteiger partial charge is 0.263 e. The summed E-state index contributed by atoms with van der Waals surface area (Å²) >= 11 is 7.30. The van der Waals surface area contributed by atoms with Gasteiger partial charge in [-0.2, -0.15) is 0 Å². The van der Waals surface area contributed by atoms with Gasteiger partial charge in [0.25, 0.3) is 15.6 Å². The molecule has 0 saturated carbocycles. The zero-order valence-electron chi connectivity index (χ0n) is 12.3. The molecule has 0 bridgehead atoms. The zero-order chi connectivity index (χ0) is 16.8. The minimum atomic E-state index is -3.77. The summed E-state index contributed by atoms with van der Waals surface area (Å²) in [5, 5.41) is 2.64. The second kappa shape index (κ2) is 5.67. The van der Waals surface area contributed by atoms with Crippen molar-refractivity contribution in [3.8, 4) is 0 Å². The summed E-state index contributed by atoms with van der Waals surface area (Å²) in [4.78, 5) is 11.9. The Morgan fingerprint density at radius 2 is 2.00 bits per heavy atom. The molecule has 0 aliphatic rings. The number of rotatable bonds is 3. The van der Waals surface area contributed by atoms with Crippen molar-refractivity contribution in [1.29, 1.82) is 0 Å². The average molecular weight is 369 g/mol. The second-order valence-corrected chi connectivity index (χ2v) is 8.17. The molecule has 5 nitrogen and oxygen atoms in total. The van der Waals surface area contributed by atoms with E-state index in [2.05, 4.69) is 4.72 Å². The first kappa shape index (κ1) is 16.0. The highest BCUT2D eigenvalue weighted by Crippen LogP contribution is 2.32. The highest BCUT2D eigenvalue weighted by Gasteiger charge is 2.20. The van der Waals surface area contributed by atoms with Crippen molar-refractivity contribution < 1.29 is 8.42 Å². The molecule has 0 amide bonds. The summed E-state index contributed by atoms with van der Waals surface area (Å²) < 4.78 is 30.0. The Morgan fingerprint density at radius 3 is 2.70 bits per heavy atom. The van der Waals surface area contributed by atoms with Crippen LogP contribution in [0.1, 0.15) is 5.56 Å². The first-order valence-corrected chi connectivity index (χ1v) is 9.39. The van der Waals surface area contributed by atoms with E-state index >= 15 is 0 Å². The lowest BCUT2D eigenvalue weighted by atomic mass is 10.3. The molecule has 0 radical (unpaired) electrons. The van der Waals surface area contributed by atoms with Crippen LogP contribution in [0, 0.1) is 6.92 Å². The molecule has 2 aromatic heterocycles. The lowest BCUT2D eigenvalue weighted by Gasteiger charge is -2.09. The van der Waals surface area contributed by atoms with E-state index in [1.54, 1.807) is 37.6 Å². The number of anilines is 1. The van der Waals surface area contributed by atoms with E-state index in [1.165, 1.54) is 28.2 Å². The molecule has 0 atom stereocenters. The molecule has 23 heavy (non-hydrogen) atoms. The largest absolute Gasteiger partial charge is 0.316 e. The maximum atomic E-state index is 12.7. The van der Waals surface area contributed by atoms with Crippen LogP contribution in [-0.2, 0) is 17.1 Å². The lowest BCUT2D eigenvalue weighted by Crippen LogP contribution is -2.21. The fourth-order valence-electron chi connectivity index (χ4n) is 2.33. The standard InChI is InChI=1S/C15H13ClN2O3S2/c1-9-5-11(7-18(2)15(9)19)17-23(20,21)14-8-22-13-4-3-10(16)6-12(13)14/h3-8,17H,1-2H3. The van der Waals surface area contributed by atoms with Crippen molar-refractivity contribution in [2.45, 2.75) is 11.8 Å². The van der Waals surface area contributed by atoms with Gasteiger partial charge in [-0.25, -0.2) is 8.42 Å². The van der Waals surface area contributed by atoms with Gasteiger partial charge in [0.15, 0.2) is 0 Å². The van der Waals surface area contributed by atoms with Crippen LogP contribution < -0.4 is 10.3 Å². The Morgan fingerprint density at radius 1 is 1.26 bits per heavy atom. The Hall–Kier alpha value is -1.83. The summed E-state index contributed by atoms with van der Waals surface area (Å²) in [6.45, 7) is 1.64. The highest BCUT2D eigenvalue weighted by molar-refractivity contribution is 7.93. The van der Waals surface area contributed by atoms with Gasteiger partial charge < -0.3 is 4.57 Å². The van der Waals surface area contributed by atoms with Crippen LogP contribution in [0.2, 0.25) is 5.02 Å². The van der Waals surface area contributed by atoms with E-state index in [-0.39, 0.29) is 10.5 Å². The molecule has 0 unspecified atom stereocenters. The summed E-state index contributed by atoms with van der Waals surface area (Å²) in [5.74, 6) is 0. The van der Waals surface area contributed by atoms with Gasteiger partial charge >= 0.3 is 0 Å². The number of pyridine rings is 1. The number of aryl methyl sites for hydroxylation is 2. The van der Waals surface area contributed by atoms with Crippen molar-refractivity contribution in [1.82, 2.24) is 4.57 Å². The number of hydrogen-bond acceptors (Lipinski definition) is 4. The number of fused-ring (bicyclic) bond motifs is 1. The molecule has 8 heteroatoms. The third-order valence-corrected chi connectivity index (χ3v) is 6.17. The van der Waals surface area contributed by atoms with E-state index < -0.39 is 10.0 Å². The third-order valence-electron chi connectivity index (χ3n) is 3.40. The first-order valence-electron chi connectivity index (χ1n) is 6.65. The molecule has 0 aliphatic carbocycles. The third kappa shape index (κ3) is 2.99. The fraction of sp³-hybridized carbons (Fsp3) is 0.133. The van der Waals surface area contributed by atoms with Gasteiger partial charge in [-0.3, -0.25) is 9.52 Å². The SMILES string of the molecule is Cc1cc(NS(=O)(=O)c2csc3ccc(Cl)cc23)cn(C)c1=O. The summed E-state index contributed by atoms with van der Waals surface area (Å²) in [6.07, 6.45) is 1.45. The molecular weight excluding hydrogens is 356 g/mol.